The van der Waals surface area contributed by atoms with Gasteiger partial charge in [-0.15, -0.1) is 0 Å². The molecular weight excluding hydrogens is 296 g/mol. The molecule has 4 bridgehead atoms. The molecule has 1 heterocycles. The van der Waals surface area contributed by atoms with Gasteiger partial charge in [-0.25, -0.2) is 0 Å². The number of rotatable bonds is 4. The topological polar surface area (TPSA) is 32.3 Å². The van der Waals surface area contributed by atoms with Crippen molar-refractivity contribution in [3.63, 3.8) is 0 Å². The lowest BCUT2D eigenvalue weighted by atomic mass is 9.40. The van der Waals surface area contributed by atoms with Gasteiger partial charge in [-0.3, -0.25) is 4.79 Å². The van der Waals surface area contributed by atoms with Crippen LogP contribution in [0.3, 0.4) is 0 Å². The summed E-state index contributed by atoms with van der Waals surface area (Å²) in [5.41, 5.74) is 0.828. The van der Waals surface area contributed by atoms with Gasteiger partial charge in [0.15, 0.2) is 0 Å². The number of carbonyl (C=O) groups is 1. The van der Waals surface area contributed by atoms with Crippen molar-refractivity contribution in [1.82, 2.24) is 10.2 Å². The number of piperidine rings is 1. The van der Waals surface area contributed by atoms with Crippen LogP contribution in [0.2, 0.25) is 0 Å². The van der Waals surface area contributed by atoms with Gasteiger partial charge in [-0.1, -0.05) is 13.8 Å². The summed E-state index contributed by atoms with van der Waals surface area (Å²) in [6.45, 7) is 8.25. The molecule has 1 amide bonds. The molecule has 136 valence electrons. The summed E-state index contributed by atoms with van der Waals surface area (Å²) in [6, 6.07) is 0. The molecule has 5 fully saturated rings. The largest absolute Gasteiger partial charge is 0.356 e. The van der Waals surface area contributed by atoms with E-state index < -0.39 is 0 Å². The van der Waals surface area contributed by atoms with Crippen molar-refractivity contribution in [1.29, 1.82) is 0 Å². The maximum atomic E-state index is 13.2. The molecular formula is C21H36N2O. The van der Waals surface area contributed by atoms with E-state index in [1.54, 1.807) is 0 Å². The van der Waals surface area contributed by atoms with Gasteiger partial charge in [0.25, 0.3) is 0 Å². The summed E-state index contributed by atoms with van der Waals surface area (Å²) in [5.74, 6) is 2.01. The van der Waals surface area contributed by atoms with Crippen LogP contribution in [-0.4, -0.2) is 37.5 Å². The van der Waals surface area contributed by atoms with E-state index in [0.29, 0.717) is 16.7 Å². The van der Waals surface area contributed by atoms with E-state index in [4.69, 9.17) is 0 Å². The summed E-state index contributed by atoms with van der Waals surface area (Å²) in [7, 11) is 2.21. The number of hydrogen-bond donors (Lipinski definition) is 1. The van der Waals surface area contributed by atoms with E-state index in [0.717, 1.165) is 37.6 Å². The van der Waals surface area contributed by atoms with Gasteiger partial charge in [0.2, 0.25) is 5.91 Å². The fourth-order valence-electron chi connectivity index (χ4n) is 7.63. The molecule has 0 aromatic carbocycles. The SMILES string of the molecule is CN1CCC(CCNC(=O)C23CC4C[C@@](C)(C2)C[C@@](C)(C4)C3)CC1. The van der Waals surface area contributed by atoms with Gasteiger partial charge in [-0.2, -0.15) is 0 Å². The Hall–Kier alpha value is -0.570. The maximum absolute atomic E-state index is 13.2. The third-order valence-electron chi connectivity index (χ3n) is 7.78. The predicted molar refractivity (Wildman–Crippen MR) is 97.7 cm³/mol. The highest BCUT2D eigenvalue weighted by Gasteiger charge is 2.62. The van der Waals surface area contributed by atoms with E-state index in [1.165, 1.54) is 51.6 Å². The van der Waals surface area contributed by atoms with E-state index in [1.807, 2.05) is 0 Å². The average Bonchev–Trinajstić information content (AvgIpc) is 2.45. The van der Waals surface area contributed by atoms with Gasteiger partial charge in [0.1, 0.15) is 0 Å². The van der Waals surface area contributed by atoms with E-state index in [9.17, 15) is 4.79 Å². The predicted octanol–water partition coefficient (Wildman–Crippen LogP) is 3.83. The molecule has 0 spiro atoms. The Balaban J connectivity index is 1.34. The summed E-state index contributed by atoms with van der Waals surface area (Å²) in [5, 5.41) is 3.38. The summed E-state index contributed by atoms with van der Waals surface area (Å²) in [6.07, 6.45) is 11.3. The zero-order valence-electron chi connectivity index (χ0n) is 16.0. The molecule has 1 N–H and O–H groups in total. The van der Waals surface area contributed by atoms with Crippen LogP contribution in [0.1, 0.15) is 71.6 Å². The molecule has 4 aliphatic carbocycles. The second-order valence-corrected chi connectivity index (χ2v) is 10.7. The van der Waals surface area contributed by atoms with E-state index in [-0.39, 0.29) is 5.41 Å². The molecule has 5 aliphatic rings. The normalized spacial score (nSPS) is 45.5. The lowest BCUT2D eigenvalue weighted by molar-refractivity contribution is -0.170. The molecule has 0 aromatic heterocycles. The molecule has 4 saturated carbocycles. The van der Waals surface area contributed by atoms with Crippen LogP contribution in [-0.2, 0) is 4.79 Å². The molecule has 24 heavy (non-hydrogen) atoms. The van der Waals surface area contributed by atoms with Crippen molar-refractivity contribution in [2.75, 3.05) is 26.7 Å². The minimum Gasteiger partial charge on any atom is -0.356 e. The number of nitrogens with one attached hydrogen (secondary N) is 1. The Kier molecular flexibility index (Phi) is 4.02. The van der Waals surface area contributed by atoms with E-state index in [2.05, 4.69) is 31.1 Å². The van der Waals surface area contributed by atoms with Crippen molar-refractivity contribution >= 4 is 5.91 Å². The Morgan fingerprint density at radius 3 is 2.25 bits per heavy atom. The molecule has 1 saturated heterocycles. The lowest BCUT2D eigenvalue weighted by Crippen LogP contribution is -2.60. The van der Waals surface area contributed by atoms with Crippen molar-refractivity contribution in [3.05, 3.63) is 0 Å². The van der Waals surface area contributed by atoms with Crippen LogP contribution in [0, 0.1) is 28.1 Å². The Labute approximate surface area is 147 Å². The molecule has 0 unspecified atom stereocenters. The van der Waals surface area contributed by atoms with Crippen LogP contribution >= 0.6 is 0 Å². The monoisotopic (exact) mass is 332 g/mol. The highest BCUT2D eigenvalue weighted by Crippen LogP contribution is 2.69. The maximum Gasteiger partial charge on any atom is 0.226 e. The number of carbonyl (C=O) groups excluding carboxylic acids is 1. The van der Waals surface area contributed by atoms with Crippen molar-refractivity contribution in [2.24, 2.45) is 28.1 Å². The first-order chi connectivity index (χ1) is 11.3. The molecule has 3 nitrogen and oxygen atoms in total. The van der Waals surface area contributed by atoms with Crippen molar-refractivity contribution in [3.8, 4) is 0 Å². The first kappa shape index (κ1) is 16.9. The van der Waals surface area contributed by atoms with Gasteiger partial charge in [0.05, 0.1) is 5.41 Å². The Morgan fingerprint density at radius 1 is 1.04 bits per heavy atom. The standard InChI is InChI=1S/C21H36N2O/c1-19-10-17-11-20(2,13-19)15-21(12-17,14-19)18(24)22-7-4-16-5-8-23(3)9-6-16/h16-17H,4-15H2,1-3H3,(H,22,24)/t17?,19-,20-,21?/m1/s1. The Morgan fingerprint density at radius 2 is 1.67 bits per heavy atom. The van der Waals surface area contributed by atoms with Crippen LogP contribution in [0.5, 0.6) is 0 Å². The lowest BCUT2D eigenvalue weighted by Gasteiger charge is -2.64. The van der Waals surface area contributed by atoms with Crippen molar-refractivity contribution in [2.45, 2.75) is 71.6 Å². The molecule has 5 rings (SSSR count). The highest BCUT2D eigenvalue weighted by atomic mass is 16.2. The second-order valence-electron chi connectivity index (χ2n) is 10.7. The number of likely N-dealkylation sites (tertiary alicyclic amines) is 1. The van der Waals surface area contributed by atoms with Crippen LogP contribution in [0.25, 0.3) is 0 Å². The van der Waals surface area contributed by atoms with Crippen LogP contribution < -0.4 is 5.32 Å². The molecule has 0 aromatic rings. The van der Waals surface area contributed by atoms with Gasteiger partial charge in [-0.05, 0) is 101 Å². The smallest absolute Gasteiger partial charge is 0.226 e. The number of hydrogen-bond acceptors (Lipinski definition) is 2. The number of amides is 1. The van der Waals surface area contributed by atoms with Crippen LogP contribution in [0.15, 0.2) is 0 Å². The van der Waals surface area contributed by atoms with Gasteiger partial charge in [0, 0.05) is 6.54 Å². The minimum absolute atomic E-state index is 0.0320. The zero-order chi connectivity index (χ0) is 17.0. The summed E-state index contributed by atoms with van der Waals surface area (Å²) in [4.78, 5) is 15.6. The third-order valence-corrected chi connectivity index (χ3v) is 7.78. The molecule has 2 atom stereocenters. The summed E-state index contributed by atoms with van der Waals surface area (Å²) >= 11 is 0. The fraction of sp³-hybridized carbons (Fsp3) is 0.952. The first-order valence-electron chi connectivity index (χ1n) is 10.3. The fourth-order valence-corrected chi connectivity index (χ4v) is 7.63. The number of nitrogens with zero attached hydrogens (tertiary/aromatic N) is 1. The van der Waals surface area contributed by atoms with Gasteiger partial charge < -0.3 is 10.2 Å². The third kappa shape index (κ3) is 3.02. The van der Waals surface area contributed by atoms with Crippen molar-refractivity contribution < 1.29 is 4.79 Å². The first-order valence-corrected chi connectivity index (χ1v) is 10.3. The summed E-state index contributed by atoms with van der Waals surface area (Å²) < 4.78 is 0. The molecule has 3 heteroatoms. The second kappa shape index (κ2) is 5.72. The molecule has 1 aliphatic heterocycles. The zero-order valence-corrected chi connectivity index (χ0v) is 16.0. The minimum atomic E-state index is -0.0320. The van der Waals surface area contributed by atoms with E-state index >= 15 is 0 Å². The average molecular weight is 333 g/mol. The Bertz CT molecular complexity index is 490. The molecule has 0 radical (unpaired) electrons. The van der Waals surface area contributed by atoms with Gasteiger partial charge >= 0.3 is 0 Å². The van der Waals surface area contributed by atoms with Crippen LogP contribution in [0.4, 0.5) is 0 Å². The quantitative estimate of drug-likeness (QED) is 0.848. The highest BCUT2D eigenvalue weighted by molar-refractivity contribution is 5.83.